The van der Waals surface area contributed by atoms with Crippen LogP contribution in [0.5, 0.6) is 5.75 Å². The smallest absolute Gasteiger partial charge is 0.269 e. The monoisotopic (exact) mass is 268 g/mol. The predicted molar refractivity (Wildman–Crippen MR) is 72.4 cm³/mol. The molecule has 6 heteroatoms. The van der Waals surface area contributed by atoms with Crippen molar-refractivity contribution in [2.24, 2.45) is 0 Å². The second-order valence-corrected chi connectivity index (χ2v) is 5.07. The molecule has 0 aliphatic carbocycles. The van der Waals surface area contributed by atoms with Crippen LogP contribution in [-0.2, 0) is 0 Å². The average Bonchev–Trinajstić information content (AvgIpc) is 2.35. The number of nitrogens with zero attached hydrogens (tertiary/aromatic N) is 1. The maximum Gasteiger partial charge on any atom is 0.269 e. The molecule has 1 atom stereocenters. The molecule has 0 amide bonds. The second kappa shape index (κ2) is 6.49. The van der Waals surface area contributed by atoms with Crippen LogP contribution in [0.1, 0.15) is 20.8 Å². The Hall–Kier alpha value is -1.66. The van der Waals surface area contributed by atoms with Crippen molar-refractivity contribution >= 4 is 5.69 Å². The van der Waals surface area contributed by atoms with Crippen LogP contribution in [0.4, 0.5) is 5.69 Å². The zero-order valence-electron chi connectivity index (χ0n) is 11.4. The SMILES string of the molecule is CC(C)NCC(C)(O)COc1ccc([N+](=O)[O-])cc1. The number of ether oxygens (including phenoxy) is 1. The van der Waals surface area contributed by atoms with Crippen LogP contribution in [0.2, 0.25) is 0 Å². The Labute approximate surface area is 112 Å². The van der Waals surface area contributed by atoms with Crippen molar-refractivity contribution in [2.75, 3.05) is 13.2 Å². The first-order valence-electron chi connectivity index (χ1n) is 6.13. The molecule has 0 heterocycles. The van der Waals surface area contributed by atoms with Crippen LogP contribution in [0.25, 0.3) is 0 Å². The zero-order chi connectivity index (χ0) is 14.5. The van der Waals surface area contributed by atoms with Gasteiger partial charge in [-0.15, -0.1) is 0 Å². The van der Waals surface area contributed by atoms with Crippen molar-refractivity contribution < 1.29 is 14.8 Å². The summed E-state index contributed by atoms with van der Waals surface area (Å²) < 4.78 is 5.43. The summed E-state index contributed by atoms with van der Waals surface area (Å²) in [4.78, 5) is 10.0. The Kier molecular flexibility index (Phi) is 5.26. The van der Waals surface area contributed by atoms with Crippen LogP contribution < -0.4 is 10.1 Å². The number of aliphatic hydroxyl groups is 1. The Morgan fingerprint density at radius 1 is 1.42 bits per heavy atom. The second-order valence-electron chi connectivity index (χ2n) is 5.07. The van der Waals surface area contributed by atoms with E-state index in [1.165, 1.54) is 24.3 Å². The van der Waals surface area contributed by atoms with Crippen LogP contribution in [0.15, 0.2) is 24.3 Å². The first-order valence-corrected chi connectivity index (χ1v) is 6.13. The molecule has 1 rings (SSSR count). The van der Waals surface area contributed by atoms with Gasteiger partial charge >= 0.3 is 0 Å². The highest BCUT2D eigenvalue weighted by molar-refractivity contribution is 5.35. The highest BCUT2D eigenvalue weighted by Gasteiger charge is 2.21. The Bertz CT molecular complexity index is 415. The maximum absolute atomic E-state index is 10.5. The van der Waals surface area contributed by atoms with E-state index in [1.54, 1.807) is 6.92 Å². The molecule has 0 aliphatic rings. The van der Waals surface area contributed by atoms with Gasteiger partial charge in [-0.2, -0.15) is 0 Å². The summed E-state index contributed by atoms with van der Waals surface area (Å²) >= 11 is 0. The zero-order valence-corrected chi connectivity index (χ0v) is 11.4. The minimum atomic E-state index is -0.994. The average molecular weight is 268 g/mol. The van der Waals surface area contributed by atoms with E-state index in [-0.39, 0.29) is 18.3 Å². The third-order valence-corrected chi connectivity index (χ3v) is 2.49. The summed E-state index contributed by atoms with van der Waals surface area (Å²) in [6.45, 7) is 6.19. The summed E-state index contributed by atoms with van der Waals surface area (Å²) in [6, 6.07) is 6.06. The van der Waals surface area contributed by atoms with Crippen LogP contribution >= 0.6 is 0 Å². The summed E-state index contributed by atoms with van der Waals surface area (Å²) in [6.07, 6.45) is 0. The van der Waals surface area contributed by atoms with Gasteiger partial charge in [-0.3, -0.25) is 10.1 Å². The molecule has 0 aromatic heterocycles. The Morgan fingerprint density at radius 2 is 2.00 bits per heavy atom. The normalized spacial score (nSPS) is 14.2. The molecular weight excluding hydrogens is 248 g/mol. The van der Waals surface area contributed by atoms with Crippen LogP contribution in [0, 0.1) is 10.1 Å². The topological polar surface area (TPSA) is 84.6 Å². The largest absolute Gasteiger partial charge is 0.491 e. The van der Waals surface area contributed by atoms with Crippen LogP contribution in [0.3, 0.4) is 0 Å². The lowest BCUT2D eigenvalue weighted by atomic mass is 10.1. The number of hydrogen-bond donors (Lipinski definition) is 2. The Morgan fingerprint density at radius 3 is 2.47 bits per heavy atom. The molecule has 0 aliphatic heterocycles. The van der Waals surface area contributed by atoms with E-state index in [4.69, 9.17) is 4.74 Å². The highest BCUT2D eigenvalue weighted by atomic mass is 16.6. The third kappa shape index (κ3) is 5.67. The van der Waals surface area contributed by atoms with Crippen LogP contribution in [-0.4, -0.2) is 34.8 Å². The minimum Gasteiger partial charge on any atom is -0.491 e. The summed E-state index contributed by atoms with van der Waals surface area (Å²) in [5.41, 5.74) is -0.980. The van der Waals surface area contributed by atoms with Gasteiger partial charge in [0, 0.05) is 24.7 Å². The summed E-state index contributed by atoms with van der Waals surface area (Å²) in [7, 11) is 0. The fraction of sp³-hybridized carbons (Fsp3) is 0.538. The molecule has 0 radical (unpaired) electrons. The number of rotatable bonds is 7. The van der Waals surface area contributed by atoms with Gasteiger partial charge in [-0.25, -0.2) is 0 Å². The van der Waals surface area contributed by atoms with E-state index in [2.05, 4.69) is 5.32 Å². The fourth-order valence-electron chi connectivity index (χ4n) is 1.38. The molecule has 0 fully saturated rings. The molecule has 0 saturated heterocycles. The van der Waals surface area contributed by atoms with Gasteiger partial charge in [0.05, 0.1) is 4.92 Å². The number of hydrogen-bond acceptors (Lipinski definition) is 5. The lowest BCUT2D eigenvalue weighted by Gasteiger charge is -2.25. The molecular formula is C13H20N2O4. The van der Waals surface area contributed by atoms with Gasteiger partial charge in [0.2, 0.25) is 0 Å². The maximum atomic E-state index is 10.5. The first kappa shape index (κ1) is 15.4. The van der Waals surface area contributed by atoms with Gasteiger partial charge in [0.25, 0.3) is 5.69 Å². The molecule has 1 unspecified atom stereocenters. The van der Waals surface area contributed by atoms with Crippen molar-refractivity contribution in [2.45, 2.75) is 32.4 Å². The number of nitrogens with one attached hydrogen (secondary N) is 1. The van der Waals surface area contributed by atoms with E-state index in [1.807, 2.05) is 13.8 Å². The molecule has 2 N–H and O–H groups in total. The number of nitro groups is 1. The lowest BCUT2D eigenvalue weighted by molar-refractivity contribution is -0.384. The fourth-order valence-corrected chi connectivity index (χ4v) is 1.38. The molecule has 0 bridgehead atoms. The predicted octanol–water partition coefficient (Wildman–Crippen LogP) is 1.72. The molecule has 106 valence electrons. The standard InChI is InChI=1S/C13H20N2O4/c1-10(2)14-8-13(3,16)9-19-12-6-4-11(5-7-12)15(17)18/h4-7,10,14,16H,8-9H2,1-3H3. The van der Waals surface area contributed by atoms with Crippen molar-refractivity contribution in [3.63, 3.8) is 0 Å². The highest BCUT2D eigenvalue weighted by Crippen LogP contribution is 2.18. The van der Waals surface area contributed by atoms with Crippen molar-refractivity contribution in [3.05, 3.63) is 34.4 Å². The lowest BCUT2D eigenvalue weighted by Crippen LogP contribution is -2.44. The van der Waals surface area contributed by atoms with Gasteiger partial charge < -0.3 is 15.2 Å². The van der Waals surface area contributed by atoms with Crippen molar-refractivity contribution in [1.29, 1.82) is 0 Å². The molecule has 0 saturated carbocycles. The van der Waals surface area contributed by atoms with E-state index < -0.39 is 10.5 Å². The van der Waals surface area contributed by atoms with Crippen molar-refractivity contribution in [3.8, 4) is 5.75 Å². The van der Waals surface area contributed by atoms with E-state index >= 15 is 0 Å². The number of benzene rings is 1. The quantitative estimate of drug-likeness (QED) is 0.581. The molecule has 19 heavy (non-hydrogen) atoms. The molecule has 0 spiro atoms. The van der Waals surface area contributed by atoms with E-state index in [0.717, 1.165) is 0 Å². The summed E-state index contributed by atoms with van der Waals surface area (Å²) in [5, 5.41) is 23.7. The van der Waals surface area contributed by atoms with Gasteiger partial charge in [-0.05, 0) is 19.1 Å². The van der Waals surface area contributed by atoms with Gasteiger partial charge in [0.1, 0.15) is 18.0 Å². The number of non-ortho nitro benzene ring substituents is 1. The molecule has 1 aromatic rings. The van der Waals surface area contributed by atoms with Gasteiger partial charge in [0.15, 0.2) is 0 Å². The summed E-state index contributed by atoms with van der Waals surface area (Å²) in [5.74, 6) is 0.496. The molecule has 6 nitrogen and oxygen atoms in total. The molecule has 1 aromatic carbocycles. The third-order valence-electron chi connectivity index (χ3n) is 2.49. The van der Waals surface area contributed by atoms with Gasteiger partial charge in [-0.1, -0.05) is 13.8 Å². The number of nitro benzene ring substituents is 1. The Balaban J connectivity index is 2.49. The first-order chi connectivity index (χ1) is 8.80. The van der Waals surface area contributed by atoms with E-state index in [9.17, 15) is 15.2 Å². The minimum absolute atomic E-state index is 0.0144. The van der Waals surface area contributed by atoms with Crippen molar-refractivity contribution in [1.82, 2.24) is 5.32 Å². The van der Waals surface area contributed by atoms with E-state index in [0.29, 0.717) is 12.3 Å².